The van der Waals surface area contributed by atoms with Gasteiger partial charge in [-0.25, -0.2) is 0 Å². The zero-order valence-electron chi connectivity index (χ0n) is 12.4. The number of hydrogen-bond acceptors (Lipinski definition) is 2. The van der Waals surface area contributed by atoms with Crippen molar-refractivity contribution >= 4 is 5.91 Å². The molecule has 3 heteroatoms. The van der Waals surface area contributed by atoms with Crippen molar-refractivity contribution in [1.82, 2.24) is 4.90 Å². The Morgan fingerprint density at radius 3 is 3.00 bits per heavy atom. The number of piperidine rings is 1. The number of benzene rings is 1. The molecule has 2 atom stereocenters. The second-order valence-corrected chi connectivity index (χ2v) is 5.86. The third-order valence-corrected chi connectivity index (χ3v) is 4.86. The summed E-state index contributed by atoms with van der Waals surface area (Å²) in [4.78, 5) is 14.3. The minimum absolute atomic E-state index is 0.311. The van der Waals surface area contributed by atoms with Gasteiger partial charge in [0.15, 0.2) is 0 Å². The van der Waals surface area contributed by atoms with Crippen LogP contribution in [-0.4, -0.2) is 30.5 Å². The molecule has 0 unspecified atom stereocenters. The van der Waals surface area contributed by atoms with E-state index in [1.807, 2.05) is 6.92 Å². The highest BCUT2D eigenvalue weighted by Crippen LogP contribution is 2.42. The van der Waals surface area contributed by atoms with E-state index in [1.54, 1.807) is 7.11 Å². The fourth-order valence-electron chi connectivity index (χ4n) is 3.87. The van der Waals surface area contributed by atoms with Gasteiger partial charge in [-0.1, -0.05) is 13.0 Å². The van der Waals surface area contributed by atoms with Crippen LogP contribution in [-0.2, 0) is 11.2 Å². The van der Waals surface area contributed by atoms with E-state index in [0.29, 0.717) is 24.3 Å². The molecular weight excluding hydrogens is 250 g/mol. The van der Waals surface area contributed by atoms with Gasteiger partial charge in [0.05, 0.1) is 7.11 Å². The van der Waals surface area contributed by atoms with Gasteiger partial charge >= 0.3 is 0 Å². The summed E-state index contributed by atoms with van der Waals surface area (Å²) in [6.45, 7) is 2.90. The number of amides is 1. The smallest absolute Gasteiger partial charge is 0.222 e. The van der Waals surface area contributed by atoms with Crippen LogP contribution in [0.1, 0.15) is 49.7 Å². The van der Waals surface area contributed by atoms with Gasteiger partial charge in [0.1, 0.15) is 5.75 Å². The highest BCUT2D eigenvalue weighted by atomic mass is 16.5. The molecule has 3 nitrogen and oxygen atoms in total. The van der Waals surface area contributed by atoms with Gasteiger partial charge in [-0.05, 0) is 48.9 Å². The number of hydrogen-bond donors (Lipinski definition) is 0. The molecule has 0 spiro atoms. The van der Waals surface area contributed by atoms with Crippen LogP contribution in [0.25, 0.3) is 0 Å². The number of rotatable bonds is 2. The SMILES string of the molecule is CCC(=O)N1CCC[C@H]2c3cc(OC)ccc3CC[C@@H]21. The molecule has 2 aliphatic rings. The van der Waals surface area contributed by atoms with Crippen molar-refractivity contribution in [3.8, 4) is 5.75 Å². The Morgan fingerprint density at radius 2 is 2.25 bits per heavy atom. The number of methoxy groups -OCH3 is 1. The summed E-state index contributed by atoms with van der Waals surface area (Å²) in [6, 6.07) is 6.84. The van der Waals surface area contributed by atoms with E-state index in [1.165, 1.54) is 17.5 Å². The zero-order valence-corrected chi connectivity index (χ0v) is 12.4. The first-order valence-electron chi connectivity index (χ1n) is 7.71. The third-order valence-electron chi connectivity index (χ3n) is 4.86. The Hall–Kier alpha value is -1.51. The Balaban J connectivity index is 1.93. The average Bonchev–Trinajstić information content (AvgIpc) is 2.52. The van der Waals surface area contributed by atoms with Crippen molar-refractivity contribution in [1.29, 1.82) is 0 Å². The van der Waals surface area contributed by atoms with Crippen LogP contribution in [0, 0.1) is 0 Å². The summed E-state index contributed by atoms with van der Waals surface area (Å²) >= 11 is 0. The lowest BCUT2D eigenvalue weighted by Gasteiger charge is -2.45. The van der Waals surface area contributed by atoms with Gasteiger partial charge in [-0.2, -0.15) is 0 Å². The van der Waals surface area contributed by atoms with Crippen LogP contribution < -0.4 is 4.74 Å². The van der Waals surface area contributed by atoms with Gasteiger partial charge in [0, 0.05) is 24.9 Å². The molecule has 1 aliphatic heterocycles. The van der Waals surface area contributed by atoms with Crippen LogP contribution in [0.4, 0.5) is 0 Å². The average molecular weight is 273 g/mol. The van der Waals surface area contributed by atoms with Gasteiger partial charge in [0.25, 0.3) is 0 Å². The quantitative estimate of drug-likeness (QED) is 0.828. The predicted molar refractivity (Wildman–Crippen MR) is 79.1 cm³/mol. The fraction of sp³-hybridized carbons (Fsp3) is 0.588. The number of likely N-dealkylation sites (tertiary alicyclic amines) is 1. The maximum Gasteiger partial charge on any atom is 0.222 e. The van der Waals surface area contributed by atoms with E-state index < -0.39 is 0 Å². The molecule has 0 bridgehead atoms. The molecule has 20 heavy (non-hydrogen) atoms. The fourth-order valence-corrected chi connectivity index (χ4v) is 3.87. The first-order chi connectivity index (χ1) is 9.74. The molecule has 1 aliphatic carbocycles. The van der Waals surface area contributed by atoms with Crippen molar-refractivity contribution in [3.05, 3.63) is 29.3 Å². The lowest BCUT2D eigenvalue weighted by molar-refractivity contribution is -0.135. The second-order valence-electron chi connectivity index (χ2n) is 5.86. The van der Waals surface area contributed by atoms with Crippen LogP contribution in [0.3, 0.4) is 0 Å². The molecule has 0 radical (unpaired) electrons. The lowest BCUT2D eigenvalue weighted by atomic mass is 9.74. The van der Waals surface area contributed by atoms with Crippen molar-refractivity contribution in [2.75, 3.05) is 13.7 Å². The summed E-state index contributed by atoms with van der Waals surface area (Å²) in [5.74, 6) is 1.74. The Labute approximate surface area is 120 Å². The van der Waals surface area contributed by atoms with Gasteiger partial charge in [-0.3, -0.25) is 4.79 Å². The number of aryl methyl sites for hydroxylation is 1. The first-order valence-corrected chi connectivity index (χ1v) is 7.71. The van der Waals surface area contributed by atoms with Crippen molar-refractivity contribution < 1.29 is 9.53 Å². The predicted octanol–water partition coefficient (Wildman–Crippen LogP) is 3.13. The van der Waals surface area contributed by atoms with E-state index in [4.69, 9.17) is 4.74 Å². The zero-order chi connectivity index (χ0) is 14.1. The molecule has 1 fully saturated rings. The summed E-state index contributed by atoms with van der Waals surface area (Å²) in [7, 11) is 1.72. The van der Waals surface area contributed by atoms with Gasteiger partial charge in [0.2, 0.25) is 5.91 Å². The van der Waals surface area contributed by atoms with E-state index in [0.717, 1.165) is 31.6 Å². The number of carbonyl (C=O) groups is 1. The van der Waals surface area contributed by atoms with Crippen molar-refractivity contribution in [3.63, 3.8) is 0 Å². The standard InChI is InChI=1S/C17H23NO2/c1-3-17(19)18-10-4-5-14-15-11-13(20-2)8-6-12(15)7-9-16(14)18/h6,8,11,14,16H,3-5,7,9-10H2,1-2H3/t14-,16-/m0/s1. The van der Waals surface area contributed by atoms with Crippen LogP contribution in [0.15, 0.2) is 18.2 Å². The molecule has 1 amide bonds. The molecule has 1 saturated heterocycles. The Morgan fingerprint density at radius 1 is 1.40 bits per heavy atom. The summed E-state index contributed by atoms with van der Waals surface area (Å²) in [5.41, 5.74) is 2.85. The lowest BCUT2D eigenvalue weighted by Crippen LogP contribution is -2.49. The number of nitrogens with zero attached hydrogens (tertiary/aromatic N) is 1. The van der Waals surface area contributed by atoms with E-state index in [9.17, 15) is 4.79 Å². The maximum atomic E-state index is 12.2. The Bertz CT molecular complexity index is 512. The van der Waals surface area contributed by atoms with Crippen LogP contribution >= 0.6 is 0 Å². The highest BCUT2D eigenvalue weighted by molar-refractivity contribution is 5.76. The van der Waals surface area contributed by atoms with Gasteiger partial charge in [-0.15, -0.1) is 0 Å². The summed E-state index contributed by atoms with van der Waals surface area (Å²) in [5, 5.41) is 0. The molecular formula is C17H23NO2. The first kappa shape index (κ1) is 13.5. The molecule has 0 aromatic heterocycles. The van der Waals surface area contributed by atoms with E-state index in [-0.39, 0.29) is 0 Å². The van der Waals surface area contributed by atoms with Crippen molar-refractivity contribution in [2.24, 2.45) is 0 Å². The molecule has 0 saturated carbocycles. The molecule has 1 heterocycles. The summed E-state index contributed by atoms with van der Waals surface area (Å²) < 4.78 is 5.37. The minimum Gasteiger partial charge on any atom is -0.497 e. The molecule has 1 aromatic rings. The molecule has 108 valence electrons. The number of ether oxygens (including phenoxy) is 1. The third kappa shape index (κ3) is 2.19. The largest absolute Gasteiger partial charge is 0.497 e. The number of carbonyl (C=O) groups excluding carboxylic acids is 1. The number of fused-ring (bicyclic) bond motifs is 3. The van der Waals surface area contributed by atoms with Crippen LogP contribution in [0.5, 0.6) is 5.75 Å². The van der Waals surface area contributed by atoms with E-state index >= 15 is 0 Å². The molecule has 1 aromatic carbocycles. The van der Waals surface area contributed by atoms with Gasteiger partial charge < -0.3 is 9.64 Å². The summed E-state index contributed by atoms with van der Waals surface area (Å²) in [6.07, 6.45) is 5.11. The minimum atomic E-state index is 0.311. The highest BCUT2D eigenvalue weighted by Gasteiger charge is 2.37. The maximum absolute atomic E-state index is 12.2. The van der Waals surface area contributed by atoms with Crippen LogP contribution in [0.2, 0.25) is 0 Å². The Kier molecular flexibility index (Phi) is 3.68. The monoisotopic (exact) mass is 273 g/mol. The normalized spacial score (nSPS) is 24.8. The molecule has 3 rings (SSSR count). The van der Waals surface area contributed by atoms with Crippen molar-refractivity contribution in [2.45, 2.75) is 51.0 Å². The second kappa shape index (κ2) is 5.47. The molecule has 0 N–H and O–H groups in total. The topological polar surface area (TPSA) is 29.5 Å². The van der Waals surface area contributed by atoms with E-state index in [2.05, 4.69) is 23.1 Å².